The Morgan fingerprint density at radius 2 is 1.61 bits per heavy atom. The summed E-state index contributed by atoms with van der Waals surface area (Å²) in [4.78, 5) is 8.33. The minimum Gasteiger partial charge on any atom is -0.496 e. The summed E-state index contributed by atoms with van der Waals surface area (Å²) in [7, 11) is -0.757. The molecule has 2 aromatic rings. The summed E-state index contributed by atoms with van der Waals surface area (Å²) >= 11 is 0. The van der Waals surface area contributed by atoms with Crippen LogP contribution in [0.2, 0.25) is 0 Å². The molecule has 1 aromatic heterocycles. The first-order valence-corrected chi connectivity index (χ1v) is 8.33. The van der Waals surface area contributed by atoms with Crippen LogP contribution in [-0.4, -0.2) is 32.6 Å². The molecule has 0 atom stereocenters. The van der Waals surface area contributed by atoms with Crippen molar-refractivity contribution in [1.82, 2.24) is 9.97 Å². The van der Waals surface area contributed by atoms with E-state index < -0.39 is 10.0 Å². The number of aryl methyl sites for hydroxylation is 3. The smallest absolute Gasteiger partial charge is 0.316 e. The highest BCUT2D eigenvalue weighted by Crippen LogP contribution is 2.26. The summed E-state index contributed by atoms with van der Waals surface area (Å²) in [6.07, 6.45) is 0. The fraction of sp³-hybridized carbons (Fsp3) is 0.333. The van der Waals surface area contributed by atoms with Crippen molar-refractivity contribution in [2.24, 2.45) is 0 Å². The van der Waals surface area contributed by atoms with Gasteiger partial charge < -0.3 is 9.47 Å². The molecule has 7 nitrogen and oxygen atoms in total. The summed E-state index contributed by atoms with van der Waals surface area (Å²) in [6, 6.07) is 4.86. The van der Waals surface area contributed by atoms with E-state index in [-0.39, 0.29) is 10.9 Å². The molecule has 0 fully saturated rings. The number of sulfonamides is 1. The molecule has 124 valence electrons. The molecule has 0 saturated carbocycles. The maximum Gasteiger partial charge on any atom is 0.316 e. The first kappa shape index (κ1) is 17.0. The van der Waals surface area contributed by atoms with Crippen molar-refractivity contribution in [3.05, 3.63) is 35.2 Å². The van der Waals surface area contributed by atoms with E-state index in [1.165, 1.54) is 20.3 Å². The molecule has 0 aliphatic rings. The molecule has 1 heterocycles. The summed E-state index contributed by atoms with van der Waals surface area (Å²) in [6.45, 7) is 5.16. The van der Waals surface area contributed by atoms with Crippen molar-refractivity contribution in [3.63, 3.8) is 0 Å². The summed E-state index contributed by atoms with van der Waals surface area (Å²) in [5.74, 6) is 0.629. The van der Waals surface area contributed by atoms with Crippen LogP contribution in [0.1, 0.15) is 17.0 Å². The highest BCUT2D eigenvalue weighted by Gasteiger charge is 2.19. The third-order valence-electron chi connectivity index (χ3n) is 3.35. The molecule has 1 N–H and O–H groups in total. The Kier molecular flexibility index (Phi) is 4.74. The number of rotatable bonds is 5. The van der Waals surface area contributed by atoms with Crippen LogP contribution in [0.5, 0.6) is 11.8 Å². The van der Waals surface area contributed by atoms with Gasteiger partial charge in [0.15, 0.2) is 0 Å². The van der Waals surface area contributed by atoms with Crippen LogP contribution in [0.4, 0.5) is 5.69 Å². The lowest BCUT2D eigenvalue weighted by atomic mass is 10.2. The van der Waals surface area contributed by atoms with E-state index in [9.17, 15) is 8.42 Å². The summed E-state index contributed by atoms with van der Waals surface area (Å²) in [5, 5.41) is 0. The van der Waals surface area contributed by atoms with Crippen LogP contribution in [0.3, 0.4) is 0 Å². The Labute approximate surface area is 135 Å². The maximum atomic E-state index is 12.6. The van der Waals surface area contributed by atoms with Crippen LogP contribution < -0.4 is 14.2 Å². The molecular formula is C15H19N3O4S. The maximum absolute atomic E-state index is 12.6. The number of nitrogens with zero attached hydrogens (tertiary/aromatic N) is 2. The van der Waals surface area contributed by atoms with Gasteiger partial charge in [0.1, 0.15) is 5.75 Å². The van der Waals surface area contributed by atoms with Crippen LogP contribution in [0, 0.1) is 20.8 Å². The zero-order valence-electron chi connectivity index (χ0n) is 13.7. The molecule has 0 aliphatic heterocycles. The van der Waals surface area contributed by atoms with Crippen LogP contribution in [0.15, 0.2) is 23.1 Å². The van der Waals surface area contributed by atoms with Gasteiger partial charge in [0.25, 0.3) is 10.0 Å². The monoisotopic (exact) mass is 337 g/mol. The topological polar surface area (TPSA) is 90.4 Å². The Morgan fingerprint density at radius 1 is 1.00 bits per heavy atom. The predicted molar refractivity (Wildman–Crippen MR) is 86.6 cm³/mol. The van der Waals surface area contributed by atoms with E-state index in [1.807, 2.05) is 0 Å². The number of aromatic nitrogens is 2. The van der Waals surface area contributed by atoms with E-state index in [2.05, 4.69) is 14.7 Å². The number of benzene rings is 1. The molecule has 0 spiro atoms. The highest BCUT2D eigenvalue weighted by atomic mass is 32.2. The van der Waals surface area contributed by atoms with Crippen molar-refractivity contribution in [2.45, 2.75) is 25.7 Å². The first-order chi connectivity index (χ1) is 10.8. The molecule has 23 heavy (non-hydrogen) atoms. The predicted octanol–water partition coefficient (Wildman–Crippen LogP) is 2.22. The van der Waals surface area contributed by atoms with Gasteiger partial charge in [-0.1, -0.05) is 0 Å². The van der Waals surface area contributed by atoms with Gasteiger partial charge in [-0.05, 0) is 44.5 Å². The first-order valence-electron chi connectivity index (χ1n) is 6.85. The lowest BCUT2D eigenvalue weighted by Crippen LogP contribution is -2.16. The van der Waals surface area contributed by atoms with Crippen molar-refractivity contribution >= 4 is 15.7 Å². The Balaban J connectivity index is 2.41. The Bertz CT molecular complexity index is 812. The number of ether oxygens (including phenoxy) is 2. The van der Waals surface area contributed by atoms with Crippen molar-refractivity contribution in [3.8, 4) is 11.8 Å². The molecule has 0 radical (unpaired) electrons. The van der Waals surface area contributed by atoms with Crippen LogP contribution in [0.25, 0.3) is 0 Å². The van der Waals surface area contributed by atoms with E-state index in [0.717, 1.165) is 5.56 Å². The number of methoxy groups -OCH3 is 2. The van der Waals surface area contributed by atoms with Gasteiger partial charge in [-0.25, -0.2) is 8.42 Å². The van der Waals surface area contributed by atoms with Gasteiger partial charge in [-0.2, -0.15) is 9.97 Å². The largest absolute Gasteiger partial charge is 0.496 e. The molecule has 2 rings (SSSR count). The average Bonchev–Trinajstić information content (AvgIpc) is 2.50. The number of hydrogen-bond acceptors (Lipinski definition) is 6. The number of nitrogens with one attached hydrogen (secondary N) is 1. The SMILES string of the molecule is COc1nc(C)c(NS(=O)(=O)c2ccc(OC)c(C)c2)c(C)n1. The molecule has 0 bridgehead atoms. The fourth-order valence-corrected chi connectivity index (χ4v) is 3.40. The molecule has 0 aliphatic carbocycles. The van der Waals surface area contributed by atoms with Crippen LogP contribution in [-0.2, 0) is 10.0 Å². The lowest BCUT2D eigenvalue weighted by molar-refractivity contribution is 0.378. The molecular weight excluding hydrogens is 318 g/mol. The van der Waals surface area contributed by atoms with Gasteiger partial charge in [0, 0.05) is 0 Å². The third kappa shape index (κ3) is 3.53. The molecule has 8 heteroatoms. The Morgan fingerprint density at radius 3 is 2.09 bits per heavy atom. The third-order valence-corrected chi connectivity index (χ3v) is 4.69. The van der Waals surface area contributed by atoms with Crippen molar-refractivity contribution < 1.29 is 17.9 Å². The summed E-state index contributed by atoms with van der Waals surface area (Å²) in [5.41, 5.74) is 2.06. The van der Waals surface area contributed by atoms with Gasteiger partial charge in [-0.3, -0.25) is 4.72 Å². The van der Waals surface area contributed by atoms with Gasteiger partial charge in [0.2, 0.25) is 0 Å². The van der Waals surface area contributed by atoms with E-state index in [0.29, 0.717) is 22.8 Å². The molecule has 1 aromatic carbocycles. The number of hydrogen-bond donors (Lipinski definition) is 1. The molecule has 0 amide bonds. The quantitative estimate of drug-likeness (QED) is 0.899. The van der Waals surface area contributed by atoms with E-state index >= 15 is 0 Å². The highest BCUT2D eigenvalue weighted by molar-refractivity contribution is 7.92. The zero-order chi connectivity index (χ0) is 17.2. The van der Waals surface area contributed by atoms with Gasteiger partial charge in [0.05, 0.1) is 36.2 Å². The van der Waals surface area contributed by atoms with E-state index in [1.54, 1.807) is 32.9 Å². The summed E-state index contributed by atoms with van der Waals surface area (Å²) < 4.78 is 37.8. The lowest BCUT2D eigenvalue weighted by Gasteiger charge is -2.14. The average molecular weight is 337 g/mol. The van der Waals surface area contributed by atoms with E-state index in [4.69, 9.17) is 9.47 Å². The van der Waals surface area contributed by atoms with Crippen LogP contribution >= 0.6 is 0 Å². The fourth-order valence-electron chi connectivity index (χ4n) is 2.14. The number of anilines is 1. The second-order valence-corrected chi connectivity index (χ2v) is 6.68. The van der Waals surface area contributed by atoms with Crippen molar-refractivity contribution in [1.29, 1.82) is 0 Å². The standard InChI is InChI=1S/C15H19N3O4S/c1-9-8-12(6-7-13(9)21-4)23(19,20)18-14-10(2)16-15(22-5)17-11(14)3/h6-8,18H,1-5H3. The molecule has 0 saturated heterocycles. The second-order valence-electron chi connectivity index (χ2n) is 4.99. The second kappa shape index (κ2) is 6.41. The van der Waals surface area contributed by atoms with Gasteiger partial charge >= 0.3 is 6.01 Å². The Hall–Kier alpha value is -2.35. The minimum absolute atomic E-state index is 0.144. The minimum atomic E-state index is -3.75. The zero-order valence-corrected chi connectivity index (χ0v) is 14.5. The normalized spacial score (nSPS) is 11.2. The molecule has 0 unspecified atom stereocenters. The van der Waals surface area contributed by atoms with Gasteiger partial charge in [-0.15, -0.1) is 0 Å². The van der Waals surface area contributed by atoms with Crippen molar-refractivity contribution in [2.75, 3.05) is 18.9 Å².